The van der Waals surface area contributed by atoms with E-state index in [9.17, 15) is 13.2 Å². The summed E-state index contributed by atoms with van der Waals surface area (Å²) in [5.41, 5.74) is 1.37. The summed E-state index contributed by atoms with van der Waals surface area (Å²) in [4.78, 5) is 11.0. The average molecular weight is 307 g/mol. The Balaban J connectivity index is 2.03. The van der Waals surface area contributed by atoms with Crippen LogP contribution in [0.15, 0.2) is 39.8 Å². The van der Waals surface area contributed by atoms with Crippen LogP contribution in [0.1, 0.15) is 21.7 Å². The number of nitrogens with zero attached hydrogens (tertiary/aromatic N) is 1. The Morgan fingerprint density at radius 1 is 1.29 bits per heavy atom. The molecule has 2 aromatic rings. The molecule has 0 fully saturated rings. The number of hydrogen-bond acceptors (Lipinski definition) is 4. The Morgan fingerprint density at radius 2 is 2.05 bits per heavy atom. The van der Waals surface area contributed by atoms with Crippen molar-refractivity contribution in [3.8, 4) is 0 Å². The smallest absolute Gasteiger partial charge is 0.335 e. The molecule has 0 radical (unpaired) electrons. The maximum Gasteiger partial charge on any atom is 0.335 e. The molecule has 1 aliphatic rings. The number of hydrogen-bond donors (Lipinski definition) is 1. The lowest BCUT2D eigenvalue weighted by Crippen LogP contribution is -2.28. The fourth-order valence-corrected chi connectivity index (χ4v) is 3.88. The topological polar surface area (TPSA) is 87.8 Å². The van der Waals surface area contributed by atoms with Crippen LogP contribution in [0.3, 0.4) is 0 Å². The van der Waals surface area contributed by atoms with Gasteiger partial charge in [-0.05, 0) is 49.2 Å². The quantitative estimate of drug-likeness (QED) is 0.937. The van der Waals surface area contributed by atoms with Crippen LogP contribution >= 0.6 is 0 Å². The van der Waals surface area contributed by atoms with Gasteiger partial charge in [0.1, 0.15) is 5.76 Å². The van der Waals surface area contributed by atoms with E-state index in [0.29, 0.717) is 23.4 Å². The highest BCUT2D eigenvalue weighted by Gasteiger charge is 2.33. The summed E-state index contributed by atoms with van der Waals surface area (Å²) in [7, 11) is -3.75. The molecular weight excluding hydrogens is 294 g/mol. The van der Waals surface area contributed by atoms with Crippen LogP contribution in [0.2, 0.25) is 0 Å². The summed E-state index contributed by atoms with van der Waals surface area (Å²) in [6.07, 6.45) is 0.482. The van der Waals surface area contributed by atoms with Crippen LogP contribution in [0.4, 0.5) is 5.69 Å². The van der Waals surface area contributed by atoms with E-state index in [1.54, 1.807) is 13.0 Å². The molecule has 21 heavy (non-hydrogen) atoms. The van der Waals surface area contributed by atoms with Gasteiger partial charge in [0, 0.05) is 6.54 Å². The molecule has 1 aliphatic heterocycles. The number of carbonyl (C=O) groups is 1. The van der Waals surface area contributed by atoms with E-state index in [-0.39, 0.29) is 17.2 Å². The van der Waals surface area contributed by atoms with E-state index in [4.69, 9.17) is 9.52 Å². The molecule has 0 aliphatic carbocycles. The van der Waals surface area contributed by atoms with Crippen LogP contribution in [0, 0.1) is 6.92 Å². The summed E-state index contributed by atoms with van der Waals surface area (Å²) in [6.45, 7) is 1.95. The standard InChI is InChI=1S/C14H13NO5S/c1-9-2-5-13(20-9)21(18,19)15-7-6-10-8-11(14(16)17)3-4-12(10)15/h2-5,8H,6-7H2,1H3,(H,16,17). The number of carboxylic acids is 1. The van der Waals surface area contributed by atoms with Crippen molar-refractivity contribution in [2.24, 2.45) is 0 Å². The van der Waals surface area contributed by atoms with Gasteiger partial charge in [0.05, 0.1) is 11.3 Å². The second-order valence-corrected chi connectivity index (χ2v) is 6.63. The lowest BCUT2D eigenvalue weighted by atomic mass is 10.1. The van der Waals surface area contributed by atoms with Crippen molar-refractivity contribution in [3.63, 3.8) is 0 Å². The zero-order valence-corrected chi connectivity index (χ0v) is 12.1. The molecule has 6 nitrogen and oxygen atoms in total. The maximum atomic E-state index is 12.5. The van der Waals surface area contributed by atoms with E-state index in [2.05, 4.69) is 0 Å². The minimum absolute atomic E-state index is 0.102. The predicted octanol–water partition coefficient (Wildman–Crippen LogP) is 2.04. The molecular formula is C14H13NO5S. The molecule has 1 aromatic heterocycles. The van der Waals surface area contributed by atoms with Crippen molar-refractivity contribution in [2.45, 2.75) is 18.4 Å². The van der Waals surface area contributed by atoms with Gasteiger partial charge >= 0.3 is 5.97 Å². The number of benzene rings is 1. The Labute approximate surface area is 121 Å². The summed E-state index contributed by atoms with van der Waals surface area (Å²) in [5.74, 6) is -0.505. The summed E-state index contributed by atoms with van der Waals surface area (Å²) in [6, 6.07) is 7.47. The van der Waals surface area contributed by atoms with E-state index in [1.165, 1.54) is 28.6 Å². The van der Waals surface area contributed by atoms with Crippen molar-refractivity contribution in [2.75, 3.05) is 10.8 Å². The normalized spacial score (nSPS) is 14.2. The number of rotatable bonds is 3. The Bertz CT molecular complexity index is 822. The van der Waals surface area contributed by atoms with E-state index >= 15 is 0 Å². The number of anilines is 1. The van der Waals surface area contributed by atoms with Crippen LogP contribution in [0.5, 0.6) is 0 Å². The van der Waals surface area contributed by atoms with Crippen LogP contribution in [0.25, 0.3) is 0 Å². The van der Waals surface area contributed by atoms with Crippen molar-refractivity contribution in [1.82, 2.24) is 0 Å². The van der Waals surface area contributed by atoms with Gasteiger partial charge in [-0.15, -0.1) is 0 Å². The van der Waals surface area contributed by atoms with Gasteiger partial charge in [-0.1, -0.05) is 0 Å². The SMILES string of the molecule is Cc1ccc(S(=O)(=O)N2CCc3cc(C(=O)O)ccc32)o1. The Morgan fingerprint density at radius 3 is 2.67 bits per heavy atom. The molecule has 1 N–H and O–H groups in total. The monoisotopic (exact) mass is 307 g/mol. The first kappa shape index (κ1) is 13.7. The lowest BCUT2D eigenvalue weighted by molar-refractivity contribution is 0.0697. The average Bonchev–Trinajstić information content (AvgIpc) is 3.04. The van der Waals surface area contributed by atoms with E-state index in [1.807, 2.05) is 0 Å². The Hall–Kier alpha value is -2.28. The van der Waals surface area contributed by atoms with Gasteiger partial charge in [-0.25, -0.2) is 4.79 Å². The first-order valence-electron chi connectivity index (χ1n) is 6.35. The van der Waals surface area contributed by atoms with Gasteiger partial charge in [0.25, 0.3) is 10.0 Å². The Kier molecular flexibility index (Phi) is 3.02. The third-order valence-electron chi connectivity index (χ3n) is 3.44. The number of furan rings is 1. The molecule has 0 unspecified atom stereocenters. The number of aryl methyl sites for hydroxylation is 1. The van der Waals surface area contributed by atoms with E-state index in [0.717, 1.165) is 0 Å². The molecule has 110 valence electrons. The first-order chi connectivity index (χ1) is 9.89. The second kappa shape index (κ2) is 4.63. The molecule has 2 heterocycles. The van der Waals surface area contributed by atoms with Gasteiger partial charge in [0.2, 0.25) is 5.09 Å². The van der Waals surface area contributed by atoms with Crippen molar-refractivity contribution in [1.29, 1.82) is 0 Å². The predicted molar refractivity (Wildman–Crippen MR) is 75.1 cm³/mol. The number of sulfonamides is 1. The molecule has 3 rings (SSSR count). The number of aromatic carboxylic acids is 1. The van der Waals surface area contributed by atoms with Gasteiger partial charge in [0.15, 0.2) is 0 Å². The third-order valence-corrected chi connectivity index (χ3v) is 5.13. The second-order valence-electron chi connectivity index (χ2n) is 4.84. The highest BCUT2D eigenvalue weighted by molar-refractivity contribution is 7.92. The number of carboxylic acid groups (broad SMARTS) is 1. The van der Waals surface area contributed by atoms with Crippen molar-refractivity contribution in [3.05, 3.63) is 47.2 Å². The zero-order valence-electron chi connectivity index (χ0n) is 11.2. The zero-order chi connectivity index (χ0) is 15.2. The van der Waals surface area contributed by atoms with Crippen LogP contribution in [-0.4, -0.2) is 26.0 Å². The largest absolute Gasteiger partial charge is 0.478 e. The van der Waals surface area contributed by atoms with Crippen molar-refractivity contribution < 1.29 is 22.7 Å². The molecule has 0 amide bonds. The molecule has 0 saturated carbocycles. The molecule has 0 bridgehead atoms. The highest BCUT2D eigenvalue weighted by atomic mass is 32.2. The third kappa shape index (κ3) is 2.19. The fraction of sp³-hybridized carbons (Fsp3) is 0.214. The fourth-order valence-electron chi connectivity index (χ4n) is 2.41. The summed E-state index contributed by atoms with van der Waals surface area (Å²) in [5, 5.41) is 8.87. The molecule has 0 saturated heterocycles. The van der Waals surface area contributed by atoms with Crippen LogP contribution < -0.4 is 4.31 Å². The van der Waals surface area contributed by atoms with Crippen molar-refractivity contribution >= 4 is 21.7 Å². The van der Waals surface area contributed by atoms with Gasteiger partial charge in [-0.3, -0.25) is 4.31 Å². The van der Waals surface area contributed by atoms with Crippen LogP contribution in [-0.2, 0) is 16.4 Å². The molecule has 0 atom stereocenters. The van der Waals surface area contributed by atoms with Gasteiger partial charge < -0.3 is 9.52 Å². The van der Waals surface area contributed by atoms with E-state index < -0.39 is 16.0 Å². The highest BCUT2D eigenvalue weighted by Crippen LogP contribution is 2.34. The molecule has 1 aromatic carbocycles. The molecule has 0 spiro atoms. The van der Waals surface area contributed by atoms with Gasteiger partial charge in [-0.2, -0.15) is 8.42 Å². The molecule has 7 heteroatoms. The summed E-state index contributed by atoms with van der Waals surface area (Å²) >= 11 is 0. The first-order valence-corrected chi connectivity index (χ1v) is 7.79. The number of fused-ring (bicyclic) bond motifs is 1. The maximum absolute atomic E-state index is 12.5. The summed E-state index contributed by atoms with van der Waals surface area (Å²) < 4.78 is 31.6. The minimum Gasteiger partial charge on any atom is -0.478 e. The minimum atomic E-state index is -3.75. The lowest BCUT2D eigenvalue weighted by Gasteiger charge is -2.17.